The highest BCUT2D eigenvalue weighted by Gasteiger charge is 2.27. The Labute approximate surface area is 181 Å². The average Bonchev–Trinajstić information content (AvgIpc) is 3.57. The molecule has 2 fully saturated rings. The summed E-state index contributed by atoms with van der Waals surface area (Å²) in [6.45, 7) is 3.95. The Kier molecular flexibility index (Phi) is 5.77. The number of amides is 1. The van der Waals surface area contributed by atoms with Gasteiger partial charge in [-0.25, -0.2) is 14.6 Å². The molecule has 5 heterocycles. The Morgan fingerprint density at radius 3 is 2.71 bits per heavy atom. The Morgan fingerprint density at radius 2 is 1.94 bits per heavy atom. The summed E-state index contributed by atoms with van der Waals surface area (Å²) in [6.07, 6.45) is 10.0. The number of carbonyl (C=O) groups is 1. The van der Waals surface area contributed by atoms with E-state index in [1.54, 1.807) is 18.6 Å². The maximum absolute atomic E-state index is 12.5. The number of nitrogens with zero attached hydrogens (tertiary/aromatic N) is 6. The minimum atomic E-state index is -0.0602. The van der Waals surface area contributed by atoms with E-state index in [0.717, 1.165) is 44.7 Å². The van der Waals surface area contributed by atoms with Crippen molar-refractivity contribution in [2.24, 2.45) is 5.92 Å². The Bertz CT molecular complexity index is 1000. The number of ether oxygens (including phenoxy) is 1. The van der Waals surface area contributed by atoms with Gasteiger partial charge in [0, 0.05) is 56.6 Å². The standard InChI is InChI=1S/C22H27N7O2/c30-21(17-7-14-31-16-17)26-20-4-10-25-29(20)18-5-12-27(13-6-18)15-19-3-1-11-28(19)22-23-8-2-9-24-22/h1-4,8-11,17-18H,5-7,12-16H2,(H,26,30)/t17-/m0/s1. The van der Waals surface area contributed by atoms with E-state index in [1.807, 2.05) is 33.6 Å². The normalized spacial score (nSPS) is 20.2. The van der Waals surface area contributed by atoms with Crippen LogP contribution < -0.4 is 5.32 Å². The lowest BCUT2D eigenvalue weighted by molar-refractivity contribution is -0.119. The van der Waals surface area contributed by atoms with Gasteiger partial charge in [-0.1, -0.05) is 0 Å². The summed E-state index contributed by atoms with van der Waals surface area (Å²) in [5, 5.41) is 7.56. The third-order valence-electron chi connectivity index (χ3n) is 6.11. The minimum Gasteiger partial charge on any atom is -0.381 e. The predicted octanol–water partition coefficient (Wildman–Crippen LogP) is 2.28. The van der Waals surface area contributed by atoms with Crippen LogP contribution in [-0.4, -0.2) is 61.4 Å². The van der Waals surface area contributed by atoms with Crippen molar-refractivity contribution in [1.29, 1.82) is 0 Å². The van der Waals surface area contributed by atoms with Gasteiger partial charge in [-0.2, -0.15) is 5.10 Å². The van der Waals surface area contributed by atoms with Crippen molar-refractivity contribution in [2.45, 2.75) is 31.8 Å². The first kappa shape index (κ1) is 19.9. The smallest absolute Gasteiger partial charge is 0.233 e. The van der Waals surface area contributed by atoms with Gasteiger partial charge in [0.25, 0.3) is 0 Å². The summed E-state index contributed by atoms with van der Waals surface area (Å²) in [6, 6.07) is 8.14. The molecule has 0 radical (unpaired) electrons. The van der Waals surface area contributed by atoms with E-state index < -0.39 is 0 Å². The Hall–Kier alpha value is -3.04. The van der Waals surface area contributed by atoms with Gasteiger partial charge in [0.1, 0.15) is 5.82 Å². The quantitative estimate of drug-likeness (QED) is 0.657. The van der Waals surface area contributed by atoms with E-state index in [4.69, 9.17) is 4.74 Å². The maximum Gasteiger partial charge on any atom is 0.233 e. The fourth-order valence-corrected chi connectivity index (χ4v) is 4.38. The lowest BCUT2D eigenvalue weighted by Gasteiger charge is -2.32. The van der Waals surface area contributed by atoms with Crippen LogP contribution >= 0.6 is 0 Å². The molecule has 162 valence electrons. The molecule has 9 nitrogen and oxygen atoms in total. The molecular weight excluding hydrogens is 394 g/mol. The van der Waals surface area contributed by atoms with Crippen LogP contribution in [0.25, 0.3) is 5.95 Å². The molecule has 0 aromatic carbocycles. The minimum absolute atomic E-state index is 0.0283. The zero-order valence-electron chi connectivity index (χ0n) is 17.4. The van der Waals surface area contributed by atoms with Crippen molar-refractivity contribution < 1.29 is 9.53 Å². The Morgan fingerprint density at radius 1 is 1.10 bits per heavy atom. The van der Waals surface area contributed by atoms with Crippen molar-refractivity contribution >= 4 is 11.7 Å². The maximum atomic E-state index is 12.5. The van der Waals surface area contributed by atoms with Gasteiger partial charge in [-0.05, 0) is 37.5 Å². The zero-order valence-corrected chi connectivity index (χ0v) is 17.4. The molecule has 0 unspecified atom stereocenters. The summed E-state index contributed by atoms with van der Waals surface area (Å²) in [5.74, 6) is 1.45. The molecule has 9 heteroatoms. The van der Waals surface area contributed by atoms with E-state index in [1.165, 1.54) is 5.69 Å². The van der Waals surface area contributed by atoms with Gasteiger partial charge in [0.2, 0.25) is 11.9 Å². The van der Waals surface area contributed by atoms with Crippen molar-refractivity contribution in [1.82, 2.24) is 29.2 Å². The summed E-state index contributed by atoms with van der Waals surface area (Å²) in [7, 11) is 0. The molecule has 1 N–H and O–H groups in total. The number of aromatic nitrogens is 5. The van der Waals surface area contributed by atoms with E-state index in [0.29, 0.717) is 19.2 Å². The average molecular weight is 422 g/mol. The first-order valence-corrected chi connectivity index (χ1v) is 10.9. The molecule has 1 amide bonds. The van der Waals surface area contributed by atoms with Gasteiger partial charge in [0.05, 0.1) is 24.8 Å². The van der Waals surface area contributed by atoms with Crippen LogP contribution in [0, 0.1) is 5.92 Å². The van der Waals surface area contributed by atoms with Crippen LogP contribution in [0.3, 0.4) is 0 Å². The molecule has 31 heavy (non-hydrogen) atoms. The number of hydrogen-bond donors (Lipinski definition) is 1. The van der Waals surface area contributed by atoms with Gasteiger partial charge >= 0.3 is 0 Å². The van der Waals surface area contributed by atoms with Crippen LogP contribution in [0.1, 0.15) is 31.0 Å². The lowest BCUT2D eigenvalue weighted by Crippen LogP contribution is -2.35. The second kappa shape index (κ2) is 8.99. The molecule has 2 aliphatic rings. The van der Waals surface area contributed by atoms with Crippen molar-refractivity contribution in [3.63, 3.8) is 0 Å². The second-order valence-electron chi connectivity index (χ2n) is 8.14. The predicted molar refractivity (Wildman–Crippen MR) is 115 cm³/mol. The number of likely N-dealkylation sites (tertiary alicyclic amines) is 1. The molecule has 0 aliphatic carbocycles. The molecule has 5 rings (SSSR count). The number of nitrogens with one attached hydrogen (secondary N) is 1. The van der Waals surface area contributed by atoms with Crippen LogP contribution in [0.5, 0.6) is 0 Å². The monoisotopic (exact) mass is 421 g/mol. The molecule has 2 aliphatic heterocycles. The Balaban J connectivity index is 1.19. The van der Waals surface area contributed by atoms with Crippen molar-refractivity contribution in [3.05, 3.63) is 54.7 Å². The number of anilines is 1. The highest BCUT2D eigenvalue weighted by molar-refractivity contribution is 5.92. The first-order valence-electron chi connectivity index (χ1n) is 10.9. The third kappa shape index (κ3) is 4.38. The molecule has 3 aromatic heterocycles. The van der Waals surface area contributed by atoms with Gasteiger partial charge < -0.3 is 10.1 Å². The largest absolute Gasteiger partial charge is 0.381 e. The van der Waals surface area contributed by atoms with E-state index in [9.17, 15) is 4.79 Å². The van der Waals surface area contributed by atoms with Crippen molar-refractivity contribution in [2.75, 3.05) is 31.6 Å². The molecule has 3 aromatic rings. The highest BCUT2D eigenvalue weighted by atomic mass is 16.5. The molecular formula is C22H27N7O2. The number of hydrogen-bond acceptors (Lipinski definition) is 6. The summed E-state index contributed by atoms with van der Waals surface area (Å²) < 4.78 is 9.36. The highest BCUT2D eigenvalue weighted by Crippen LogP contribution is 2.27. The van der Waals surface area contributed by atoms with E-state index in [-0.39, 0.29) is 17.9 Å². The second-order valence-corrected chi connectivity index (χ2v) is 8.14. The molecule has 0 bridgehead atoms. The van der Waals surface area contributed by atoms with Gasteiger partial charge in [-0.3, -0.25) is 14.3 Å². The SMILES string of the molecule is O=C(Nc1ccnn1C1CCN(Cc2cccn2-c2ncccn2)CC1)[C@H]1CCOC1. The fourth-order valence-electron chi connectivity index (χ4n) is 4.38. The van der Waals surface area contributed by atoms with Crippen LogP contribution in [0.15, 0.2) is 49.1 Å². The molecule has 0 saturated carbocycles. The van der Waals surface area contributed by atoms with Crippen molar-refractivity contribution in [3.8, 4) is 5.95 Å². The number of carbonyl (C=O) groups excluding carboxylic acids is 1. The van der Waals surface area contributed by atoms with E-state index >= 15 is 0 Å². The summed E-state index contributed by atoms with van der Waals surface area (Å²) >= 11 is 0. The van der Waals surface area contributed by atoms with Crippen LogP contribution in [-0.2, 0) is 16.1 Å². The third-order valence-corrected chi connectivity index (χ3v) is 6.11. The van der Waals surface area contributed by atoms with Gasteiger partial charge in [0.15, 0.2) is 0 Å². The number of rotatable bonds is 6. The summed E-state index contributed by atoms with van der Waals surface area (Å²) in [5.41, 5.74) is 1.18. The van der Waals surface area contributed by atoms with Gasteiger partial charge in [-0.15, -0.1) is 0 Å². The summed E-state index contributed by atoms with van der Waals surface area (Å²) in [4.78, 5) is 23.6. The molecule has 2 saturated heterocycles. The molecule has 0 spiro atoms. The molecule has 1 atom stereocenters. The van der Waals surface area contributed by atoms with E-state index in [2.05, 4.69) is 31.3 Å². The first-order chi connectivity index (χ1) is 15.3. The lowest BCUT2D eigenvalue weighted by atomic mass is 10.0. The topological polar surface area (TPSA) is 90.1 Å². The van der Waals surface area contributed by atoms with Crippen LogP contribution in [0.4, 0.5) is 5.82 Å². The fraction of sp³-hybridized carbons (Fsp3) is 0.455. The zero-order chi connectivity index (χ0) is 21.0. The van der Waals surface area contributed by atoms with Crippen LogP contribution in [0.2, 0.25) is 0 Å². The number of piperidine rings is 1.